The summed E-state index contributed by atoms with van der Waals surface area (Å²) in [6.45, 7) is 0. The summed E-state index contributed by atoms with van der Waals surface area (Å²) in [7, 11) is 1.51. The van der Waals surface area contributed by atoms with Crippen molar-refractivity contribution in [2.75, 3.05) is 7.05 Å². The van der Waals surface area contributed by atoms with Crippen molar-refractivity contribution >= 4 is 29.6 Å². The van der Waals surface area contributed by atoms with Gasteiger partial charge in [-0.05, 0) is 48.0 Å². The van der Waals surface area contributed by atoms with Gasteiger partial charge >= 0.3 is 6.09 Å². The summed E-state index contributed by atoms with van der Waals surface area (Å²) >= 11 is 5.88. The van der Waals surface area contributed by atoms with Gasteiger partial charge in [-0.1, -0.05) is 17.7 Å². The molecule has 2 aromatic carbocycles. The smallest absolute Gasteiger partial charge is 0.410 e. The number of nitrogens with one attached hydrogen (secondary N) is 1. The van der Waals surface area contributed by atoms with E-state index in [4.69, 9.17) is 16.3 Å². The first-order valence-electron chi connectivity index (χ1n) is 5.96. The second kappa shape index (κ2) is 6.73. The first kappa shape index (κ1) is 14.1. The largest absolute Gasteiger partial charge is 0.412 e. The molecular weight excluding hydrogens is 276 g/mol. The van der Waals surface area contributed by atoms with Gasteiger partial charge in [0.1, 0.15) is 5.75 Å². The van der Waals surface area contributed by atoms with E-state index in [1.165, 1.54) is 7.05 Å². The number of amides is 1. The van der Waals surface area contributed by atoms with Crippen LogP contribution in [0.3, 0.4) is 0 Å². The molecule has 0 aliphatic rings. The summed E-state index contributed by atoms with van der Waals surface area (Å²) < 4.78 is 4.99. The zero-order valence-electron chi connectivity index (χ0n) is 10.8. The highest BCUT2D eigenvalue weighted by molar-refractivity contribution is 6.30. The standard InChI is InChI=1S/C15H13ClN2O2/c1-17-15(19)20-14-7-5-11(6-8-14)10-18-13-4-2-3-12(16)9-13/h2-10H,1H3,(H,17,19). The van der Waals surface area contributed by atoms with Crippen molar-refractivity contribution in [3.05, 3.63) is 59.1 Å². The number of nitrogens with zero attached hydrogens (tertiary/aromatic N) is 1. The molecule has 0 unspecified atom stereocenters. The lowest BCUT2D eigenvalue weighted by Gasteiger charge is -2.02. The molecule has 5 heteroatoms. The molecule has 20 heavy (non-hydrogen) atoms. The minimum atomic E-state index is -0.495. The number of carbonyl (C=O) groups is 1. The summed E-state index contributed by atoms with van der Waals surface area (Å²) in [5.41, 5.74) is 1.68. The van der Waals surface area contributed by atoms with Gasteiger partial charge in [0, 0.05) is 18.3 Å². The third-order valence-electron chi connectivity index (χ3n) is 2.47. The van der Waals surface area contributed by atoms with Crippen molar-refractivity contribution in [3.8, 4) is 5.75 Å². The van der Waals surface area contributed by atoms with E-state index in [1.54, 1.807) is 30.5 Å². The Morgan fingerprint density at radius 3 is 2.65 bits per heavy atom. The van der Waals surface area contributed by atoms with Crippen molar-refractivity contribution in [3.63, 3.8) is 0 Å². The molecule has 2 aromatic rings. The lowest BCUT2D eigenvalue weighted by molar-refractivity contribution is 0.203. The molecular formula is C15H13ClN2O2. The number of aliphatic imine (C=N–C) groups is 1. The summed E-state index contributed by atoms with van der Waals surface area (Å²) in [6, 6.07) is 14.3. The van der Waals surface area contributed by atoms with Gasteiger partial charge in [0.2, 0.25) is 0 Å². The van der Waals surface area contributed by atoms with Crippen LogP contribution in [0.5, 0.6) is 5.75 Å². The summed E-state index contributed by atoms with van der Waals surface area (Å²) in [5, 5.41) is 3.03. The Hall–Kier alpha value is -2.33. The fraction of sp³-hybridized carbons (Fsp3) is 0.0667. The van der Waals surface area contributed by atoms with Crippen LogP contribution in [0, 0.1) is 0 Å². The Labute approximate surface area is 122 Å². The topological polar surface area (TPSA) is 50.7 Å². The van der Waals surface area contributed by atoms with Gasteiger partial charge < -0.3 is 10.1 Å². The Kier molecular flexibility index (Phi) is 4.74. The highest BCUT2D eigenvalue weighted by Gasteiger charge is 2.00. The molecule has 0 atom stereocenters. The van der Waals surface area contributed by atoms with E-state index in [0.29, 0.717) is 10.8 Å². The highest BCUT2D eigenvalue weighted by Crippen LogP contribution is 2.18. The summed E-state index contributed by atoms with van der Waals surface area (Å²) in [4.78, 5) is 15.4. The van der Waals surface area contributed by atoms with E-state index in [1.807, 2.05) is 24.3 Å². The molecule has 1 N–H and O–H groups in total. The van der Waals surface area contributed by atoms with Crippen LogP contribution < -0.4 is 10.1 Å². The zero-order valence-corrected chi connectivity index (χ0v) is 11.6. The molecule has 0 radical (unpaired) electrons. The molecule has 0 saturated heterocycles. The maximum absolute atomic E-state index is 11.0. The number of carbonyl (C=O) groups excluding carboxylic acids is 1. The van der Waals surface area contributed by atoms with Crippen LogP contribution in [-0.2, 0) is 0 Å². The van der Waals surface area contributed by atoms with E-state index in [9.17, 15) is 4.79 Å². The van der Waals surface area contributed by atoms with Gasteiger partial charge in [-0.15, -0.1) is 0 Å². The molecule has 0 saturated carbocycles. The second-order valence-corrected chi connectivity index (χ2v) is 4.38. The molecule has 0 bridgehead atoms. The maximum atomic E-state index is 11.0. The fourth-order valence-corrected chi connectivity index (χ4v) is 1.67. The van der Waals surface area contributed by atoms with Gasteiger partial charge in [-0.3, -0.25) is 4.99 Å². The Bertz CT molecular complexity index is 624. The lowest BCUT2D eigenvalue weighted by Crippen LogP contribution is -2.21. The van der Waals surface area contributed by atoms with Crippen LogP contribution >= 0.6 is 11.6 Å². The maximum Gasteiger partial charge on any atom is 0.412 e. The van der Waals surface area contributed by atoms with Gasteiger partial charge in [-0.25, -0.2) is 4.79 Å². The van der Waals surface area contributed by atoms with E-state index in [-0.39, 0.29) is 0 Å². The number of rotatable bonds is 3. The number of halogens is 1. The monoisotopic (exact) mass is 288 g/mol. The van der Waals surface area contributed by atoms with Crippen LogP contribution in [0.1, 0.15) is 5.56 Å². The molecule has 0 aromatic heterocycles. The van der Waals surface area contributed by atoms with Crippen LogP contribution in [0.25, 0.3) is 0 Å². The number of benzene rings is 2. The van der Waals surface area contributed by atoms with E-state index in [2.05, 4.69) is 10.3 Å². The Balaban J connectivity index is 2.05. The molecule has 0 fully saturated rings. The third-order valence-corrected chi connectivity index (χ3v) is 2.70. The quantitative estimate of drug-likeness (QED) is 0.873. The predicted octanol–water partition coefficient (Wildman–Crippen LogP) is 3.81. The molecule has 1 amide bonds. The lowest BCUT2D eigenvalue weighted by atomic mass is 10.2. The van der Waals surface area contributed by atoms with Crippen molar-refractivity contribution in [1.29, 1.82) is 0 Å². The van der Waals surface area contributed by atoms with Gasteiger partial charge in [0.15, 0.2) is 0 Å². The van der Waals surface area contributed by atoms with Crippen molar-refractivity contribution in [2.24, 2.45) is 4.99 Å². The molecule has 0 aliphatic carbocycles. The normalized spacial score (nSPS) is 10.5. The molecule has 0 aliphatic heterocycles. The van der Waals surface area contributed by atoms with Crippen LogP contribution in [0.4, 0.5) is 10.5 Å². The number of hydrogen-bond donors (Lipinski definition) is 1. The predicted molar refractivity (Wildman–Crippen MR) is 80.2 cm³/mol. The van der Waals surface area contributed by atoms with E-state index in [0.717, 1.165) is 11.3 Å². The summed E-state index contributed by atoms with van der Waals surface area (Å²) in [6.07, 6.45) is 1.22. The first-order valence-corrected chi connectivity index (χ1v) is 6.34. The van der Waals surface area contributed by atoms with Crippen molar-refractivity contribution < 1.29 is 9.53 Å². The molecule has 2 rings (SSSR count). The minimum Gasteiger partial charge on any atom is -0.410 e. The molecule has 0 heterocycles. The first-order chi connectivity index (χ1) is 9.67. The van der Waals surface area contributed by atoms with Crippen molar-refractivity contribution in [2.45, 2.75) is 0 Å². The average molecular weight is 289 g/mol. The van der Waals surface area contributed by atoms with Crippen molar-refractivity contribution in [1.82, 2.24) is 5.32 Å². The second-order valence-electron chi connectivity index (χ2n) is 3.95. The number of ether oxygens (including phenoxy) is 1. The molecule has 102 valence electrons. The molecule has 4 nitrogen and oxygen atoms in total. The van der Waals surface area contributed by atoms with Gasteiger partial charge in [-0.2, -0.15) is 0 Å². The Morgan fingerprint density at radius 1 is 1.25 bits per heavy atom. The number of hydrogen-bond acceptors (Lipinski definition) is 3. The zero-order chi connectivity index (χ0) is 14.4. The van der Waals surface area contributed by atoms with E-state index >= 15 is 0 Å². The van der Waals surface area contributed by atoms with Crippen LogP contribution in [0.2, 0.25) is 5.02 Å². The average Bonchev–Trinajstić information content (AvgIpc) is 2.46. The minimum absolute atomic E-state index is 0.476. The van der Waals surface area contributed by atoms with Crippen LogP contribution in [-0.4, -0.2) is 19.4 Å². The van der Waals surface area contributed by atoms with Crippen LogP contribution in [0.15, 0.2) is 53.5 Å². The summed E-state index contributed by atoms with van der Waals surface area (Å²) in [5.74, 6) is 0.476. The van der Waals surface area contributed by atoms with Gasteiger partial charge in [0.05, 0.1) is 5.69 Å². The fourth-order valence-electron chi connectivity index (χ4n) is 1.49. The van der Waals surface area contributed by atoms with Gasteiger partial charge in [0.25, 0.3) is 0 Å². The highest BCUT2D eigenvalue weighted by atomic mass is 35.5. The SMILES string of the molecule is CNC(=O)Oc1ccc(C=Nc2cccc(Cl)c2)cc1. The van der Waals surface area contributed by atoms with E-state index < -0.39 is 6.09 Å². The molecule has 0 spiro atoms. The Morgan fingerprint density at radius 2 is 2.00 bits per heavy atom. The third kappa shape index (κ3) is 4.10.